The van der Waals surface area contributed by atoms with Gasteiger partial charge in [-0.1, -0.05) is 24.3 Å². The molecule has 0 saturated heterocycles. The first-order chi connectivity index (χ1) is 17.0. The van der Waals surface area contributed by atoms with E-state index in [1.54, 1.807) is 0 Å². The Kier molecular flexibility index (Phi) is 4.93. The standard InChI is InChI=1S/C35H36S/c1-17-19(3)25(9)32-30(21(17)5)23(7)24(8)31-22(6)18(2)20(4)26(10)33(31)35(32)15-13-28-29(35)12-11-27-14-16-36-34(27)28/h11-16H,1-10H3. The van der Waals surface area contributed by atoms with Gasteiger partial charge in [0.05, 0.1) is 5.41 Å². The van der Waals surface area contributed by atoms with Crippen molar-refractivity contribution in [2.24, 2.45) is 0 Å². The number of fused-ring (bicyclic) bond motifs is 8. The highest BCUT2D eigenvalue weighted by Gasteiger charge is 2.47. The number of rotatable bonds is 0. The Morgan fingerprint density at radius 2 is 1.06 bits per heavy atom. The Morgan fingerprint density at radius 1 is 0.556 bits per heavy atom. The van der Waals surface area contributed by atoms with Gasteiger partial charge in [-0.05, 0) is 175 Å². The van der Waals surface area contributed by atoms with Gasteiger partial charge in [0.2, 0.25) is 0 Å². The van der Waals surface area contributed by atoms with Gasteiger partial charge >= 0.3 is 0 Å². The molecule has 0 radical (unpaired) electrons. The molecule has 3 aromatic carbocycles. The maximum Gasteiger partial charge on any atom is 0.0659 e. The molecule has 0 amide bonds. The Morgan fingerprint density at radius 3 is 1.58 bits per heavy atom. The second kappa shape index (κ2) is 7.56. The van der Waals surface area contributed by atoms with Crippen LogP contribution in [-0.2, 0) is 5.41 Å². The molecule has 0 aliphatic heterocycles. The van der Waals surface area contributed by atoms with Crippen LogP contribution in [0.1, 0.15) is 91.7 Å². The van der Waals surface area contributed by atoms with E-state index in [0.717, 1.165) is 0 Å². The molecule has 1 heterocycles. The second-order valence-corrected chi connectivity index (χ2v) is 12.2. The molecule has 1 aromatic heterocycles. The summed E-state index contributed by atoms with van der Waals surface area (Å²) in [5.74, 6) is 0. The SMILES string of the molecule is CC1=C(C)c2c(C)c(C)c(C)c(C)c2C2(C=Cc3c2ccc2ccsc32)c2c(C)c(C)c(C)c(C)c21. The van der Waals surface area contributed by atoms with Crippen molar-refractivity contribution in [1.82, 2.24) is 0 Å². The van der Waals surface area contributed by atoms with Crippen molar-refractivity contribution in [2.45, 2.75) is 74.7 Å². The molecule has 2 aliphatic carbocycles. The van der Waals surface area contributed by atoms with Crippen molar-refractivity contribution >= 4 is 38.6 Å². The van der Waals surface area contributed by atoms with E-state index in [1.165, 1.54) is 99.1 Å². The molecular formula is C35H36S. The fourth-order valence-corrected chi connectivity index (χ4v) is 8.27. The summed E-state index contributed by atoms with van der Waals surface area (Å²) in [4.78, 5) is 0. The summed E-state index contributed by atoms with van der Waals surface area (Å²) in [5.41, 5.74) is 22.8. The van der Waals surface area contributed by atoms with Crippen LogP contribution < -0.4 is 0 Å². The summed E-state index contributed by atoms with van der Waals surface area (Å²) in [6.07, 6.45) is 4.99. The van der Waals surface area contributed by atoms with E-state index in [1.807, 2.05) is 11.3 Å². The highest BCUT2D eigenvalue weighted by molar-refractivity contribution is 7.17. The van der Waals surface area contributed by atoms with Gasteiger partial charge in [-0.3, -0.25) is 0 Å². The van der Waals surface area contributed by atoms with Crippen molar-refractivity contribution in [1.29, 1.82) is 0 Å². The van der Waals surface area contributed by atoms with Crippen LogP contribution in [0.5, 0.6) is 0 Å². The van der Waals surface area contributed by atoms with Gasteiger partial charge in [-0.25, -0.2) is 0 Å². The van der Waals surface area contributed by atoms with Crippen LogP contribution in [-0.4, -0.2) is 0 Å². The van der Waals surface area contributed by atoms with Crippen LogP contribution in [0, 0.1) is 55.4 Å². The minimum absolute atomic E-state index is 0.308. The van der Waals surface area contributed by atoms with Crippen LogP contribution >= 0.6 is 11.3 Å². The molecule has 36 heavy (non-hydrogen) atoms. The summed E-state index contributed by atoms with van der Waals surface area (Å²) in [7, 11) is 0. The topological polar surface area (TPSA) is 0 Å². The van der Waals surface area contributed by atoms with E-state index in [4.69, 9.17) is 0 Å². The quantitative estimate of drug-likeness (QED) is 0.231. The van der Waals surface area contributed by atoms with Crippen molar-refractivity contribution in [3.05, 3.63) is 108 Å². The number of thiophene rings is 1. The molecule has 0 bridgehead atoms. The van der Waals surface area contributed by atoms with E-state index >= 15 is 0 Å². The number of benzene rings is 3. The molecule has 1 heteroatoms. The Hall–Kier alpha value is -2.90. The third kappa shape index (κ3) is 2.60. The fourth-order valence-electron chi connectivity index (χ4n) is 7.35. The zero-order valence-electron chi connectivity index (χ0n) is 23.4. The Labute approximate surface area is 220 Å². The van der Waals surface area contributed by atoms with Gasteiger partial charge in [0.1, 0.15) is 0 Å². The molecule has 182 valence electrons. The molecule has 4 aromatic rings. The van der Waals surface area contributed by atoms with Gasteiger partial charge in [0.25, 0.3) is 0 Å². The van der Waals surface area contributed by atoms with E-state index < -0.39 is 0 Å². The van der Waals surface area contributed by atoms with Crippen molar-refractivity contribution in [3.8, 4) is 0 Å². The predicted molar refractivity (Wildman–Crippen MR) is 160 cm³/mol. The maximum absolute atomic E-state index is 2.56. The average molecular weight is 489 g/mol. The molecule has 0 saturated carbocycles. The van der Waals surface area contributed by atoms with Gasteiger partial charge in [-0.2, -0.15) is 0 Å². The summed E-state index contributed by atoms with van der Waals surface area (Å²) < 4.78 is 1.41. The van der Waals surface area contributed by atoms with Crippen LogP contribution in [0.2, 0.25) is 0 Å². The summed E-state index contributed by atoms with van der Waals surface area (Å²) in [6, 6.07) is 7.04. The van der Waals surface area contributed by atoms with Crippen molar-refractivity contribution < 1.29 is 0 Å². The molecule has 2 aliphatic rings. The summed E-state index contributed by atoms with van der Waals surface area (Å²) in [6.45, 7) is 23.4. The summed E-state index contributed by atoms with van der Waals surface area (Å²) in [5, 5.41) is 3.58. The third-order valence-electron chi connectivity index (χ3n) is 10.1. The lowest BCUT2D eigenvalue weighted by Gasteiger charge is -2.38. The molecule has 1 spiro atoms. The minimum atomic E-state index is -0.308. The molecule has 0 N–H and O–H groups in total. The van der Waals surface area contributed by atoms with Gasteiger partial charge in [-0.15, -0.1) is 11.3 Å². The number of hydrogen-bond donors (Lipinski definition) is 0. The van der Waals surface area contributed by atoms with Gasteiger partial charge in [0.15, 0.2) is 0 Å². The molecule has 0 unspecified atom stereocenters. The maximum atomic E-state index is 2.56. The molecule has 0 atom stereocenters. The van der Waals surface area contributed by atoms with E-state index in [0.29, 0.717) is 0 Å². The minimum Gasteiger partial charge on any atom is -0.143 e. The van der Waals surface area contributed by atoms with Crippen molar-refractivity contribution in [2.75, 3.05) is 0 Å². The van der Waals surface area contributed by atoms with Crippen molar-refractivity contribution in [3.63, 3.8) is 0 Å². The third-order valence-corrected chi connectivity index (χ3v) is 11.0. The zero-order chi connectivity index (χ0) is 25.8. The highest BCUT2D eigenvalue weighted by Crippen LogP contribution is 2.58. The van der Waals surface area contributed by atoms with E-state index in [-0.39, 0.29) is 5.41 Å². The van der Waals surface area contributed by atoms with Crippen LogP contribution in [0.15, 0.2) is 29.7 Å². The lowest BCUT2D eigenvalue weighted by molar-refractivity contribution is 0.767. The van der Waals surface area contributed by atoms with Crippen LogP contribution in [0.25, 0.3) is 27.3 Å². The van der Waals surface area contributed by atoms with E-state index in [2.05, 4.69) is 105 Å². The van der Waals surface area contributed by atoms with Crippen LogP contribution in [0.3, 0.4) is 0 Å². The highest BCUT2D eigenvalue weighted by atomic mass is 32.1. The monoisotopic (exact) mass is 488 g/mol. The number of allylic oxidation sites excluding steroid dienone is 3. The largest absolute Gasteiger partial charge is 0.143 e. The Bertz CT molecular complexity index is 1630. The molecule has 0 nitrogen and oxygen atoms in total. The zero-order valence-corrected chi connectivity index (χ0v) is 24.2. The number of hydrogen-bond acceptors (Lipinski definition) is 1. The van der Waals surface area contributed by atoms with E-state index in [9.17, 15) is 0 Å². The second-order valence-electron chi connectivity index (χ2n) is 11.3. The van der Waals surface area contributed by atoms with Gasteiger partial charge in [0, 0.05) is 4.70 Å². The fraction of sp³-hybridized carbons (Fsp3) is 0.314. The first-order valence-electron chi connectivity index (χ1n) is 13.1. The Balaban J connectivity index is 1.95. The summed E-state index contributed by atoms with van der Waals surface area (Å²) >= 11 is 1.87. The average Bonchev–Trinajstić information content (AvgIpc) is 3.48. The first kappa shape index (κ1) is 23.5. The smallest absolute Gasteiger partial charge is 0.0659 e. The predicted octanol–water partition coefficient (Wildman–Crippen LogP) is 9.99. The van der Waals surface area contributed by atoms with Gasteiger partial charge < -0.3 is 0 Å². The molecular weight excluding hydrogens is 452 g/mol. The van der Waals surface area contributed by atoms with Crippen LogP contribution in [0.4, 0.5) is 0 Å². The molecule has 6 rings (SSSR count). The normalized spacial score (nSPS) is 15.5. The first-order valence-corrected chi connectivity index (χ1v) is 14.0. The lowest BCUT2D eigenvalue weighted by atomic mass is 9.64. The molecule has 0 fully saturated rings. The lowest BCUT2D eigenvalue weighted by Crippen LogP contribution is -2.31.